The van der Waals surface area contributed by atoms with Crippen molar-refractivity contribution >= 4 is 5.91 Å². The largest absolute Gasteiger partial charge is 0.494 e. The average Bonchev–Trinajstić information content (AvgIpc) is 2.99. The van der Waals surface area contributed by atoms with E-state index in [0.717, 1.165) is 28.3 Å². The summed E-state index contributed by atoms with van der Waals surface area (Å²) in [6.07, 6.45) is 0. The van der Waals surface area contributed by atoms with Crippen LogP contribution in [0.15, 0.2) is 54.6 Å². The zero-order valence-corrected chi connectivity index (χ0v) is 16.9. The van der Waals surface area contributed by atoms with E-state index in [4.69, 9.17) is 4.74 Å². The Balaban J connectivity index is 1.67. The van der Waals surface area contributed by atoms with Crippen LogP contribution in [0.3, 0.4) is 0 Å². The van der Waals surface area contributed by atoms with Crippen LogP contribution in [0.2, 0.25) is 0 Å². The fourth-order valence-corrected chi connectivity index (χ4v) is 3.20. The molecule has 1 unspecified atom stereocenters. The van der Waals surface area contributed by atoms with E-state index in [2.05, 4.69) is 16.5 Å². The molecule has 0 spiro atoms. The smallest absolute Gasteiger partial charge is 0.251 e. The molecule has 0 aliphatic heterocycles. The highest BCUT2D eigenvalue weighted by Crippen LogP contribution is 2.18. The molecule has 1 atom stereocenters. The first kappa shape index (κ1) is 19.7. The maximum absolute atomic E-state index is 12.7. The van der Waals surface area contributed by atoms with Crippen LogP contribution < -0.4 is 10.1 Å². The Morgan fingerprint density at radius 3 is 2.54 bits per heavy atom. The van der Waals surface area contributed by atoms with Crippen molar-refractivity contribution in [1.29, 1.82) is 0 Å². The van der Waals surface area contributed by atoms with Gasteiger partial charge in [0.2, 0.25) is 0 Å². The first-order chi connectivity index (χ1) is 13.5. The number of rotatable bonds is 7. The zero-order chi connectivity index (χ0) is 20.1. The summed E-state index contributed by atoms with van der Waals surface area (Å²) in [6, 6.07) is 17.5. The minimum Gasteiger partial charge on any atom is -0.494 e. The summed E-state index contributed by atoms with van der Waals surface area (Å²) >= 11 is 0. The van der Waals surface area contributed by atoms with Gasteiger partial charge in [-0.3, -0.25) is 9.48 Å². The van der Waals surface area contributed by atoms with Crippen LogP contribution in [0.4, 0.5) is 0 Å². The molecule has 28 heavy (non-hydrogen) atoms. The van der Waals surface area contributed by atoms with E-state index < -0.39 is 0 Å². The Morgan fingerprint density at radius 1 is 1.14 bits per heavy atom. The van der Waals surface area contributed by atoms with Gasteiger partial charge in [0.25, 0.3) is 5.91 Å². The van der Waals surface area contributed by atoms with Crippen molar-refractivity contribution in [2.24, 2.45) is 0 Å². The standard InChI is InChI=1S/C23H27N3O2/c1-5-28-22-11-9-20(10-12-22)18(4)24-23(27)21-8-6-7-19(14-21)15-26-17(3)13-16(2)25-26/h6-14,18H,5,15H2,1-4H3,(H,24,27). The van der Waals surface area contributed by atoms with Gasteiger partial charge in [-0.1, -0.05) is 24.3 Å². The lowest BCUT2D eigenvalue weighted by Crippen LogP contribution is -2.26. The van der Waals surface area contributed by atoms with E-state index in [1.165, 1.54) is 0 Å². The summed E-state index contributed by atoms with van der Waals surface area (Å²) in [5.74, 6) is 0.748. The Hall–Kier alpha value is -3.08. The number of aromatic nitrogens is 2. The number of aryl methyl sites for hydroxylation is 2. The molecule has 0 saturated carbocycles. The van der Waals surface area contributed by atoms with Gasteiger partial charge in [-0.15, -0.1) is 0 Å². The van der Waals surface area contributed by atoms with Gasteiger partial charge in [0.15, 0.2) is 0 Å². The molecule has 0 aliphatic rings. The summed E-state index contributed by atoms with van der Waals surface area (Å²) in [7, 11) is 0. The Bertz CT molecular complexity index is 945. The highest BCUT2D eigenvalue weighted by Gasteiger charge is 2.12. The van der Waals surface area contributed by atoms with Crippen molar-refractivity contribution in [2.75, 3.05) is 6.61 Å². The third kappa shape index (κ3) is 4.80. The van der Waals surface area contributed by atoms with Gasteiger partial charge < -0.3 is 10.1 Å². The third-order valence-corrected chi connectivity index (χ3v) is 4.66. The average molecular weight is 377 g/mol. The molecule has 146 valence electrons. The van der Waals surface area contributed by atoms with Gasteiger partial charge in [-0.25, -0.2) is 0 Å². The molecule has 1 amide bonds. The molecule has 1 aromatic heterocycles. The van der Waals surface area contributed by atoms with Gasteiger partial charge in [0.05, 0.1) is 24.9 Å². The molecule has 0 saturated heterocycles. The predicted molar refractivity (Wildman–Crippen MR) is 111 cm³/mol. The fraction of sp³-hybridized carbons (Fsp3) is 0.304. The topological polar surface area (TPSA) is 56.1 Å². The van der Waals surface area contributed by atoms with E-state index in [0.29, 0.717) is 18.7 Å². The van der Waals surface area contributed by atoms with Crippen LogP contribution in [-0.4, -0.2) is 22.3 Å². The molecule has 2 aromatic carbocycles. The molecule has 0 bridgehead atoms. The Morgan fingerprint density at radius 2 is 1.89 bits per heavy atom. The molecule has 0 radical (unpaired) electrons. The van der Waals surface area contributed by atoms with Gasteiger partial charge in [-0.05, 0) is 69.2 Å². The minimum atomic E-state index is -0.0946. The molecular formula is C23H27N3O2. The van der Waals surface area contributed by atoms with Crippen LogP contribution in [0.5, 0.6) is 5.75 Å². The number of nitrogens with zero attached hydrogens (tertiary/aromatic N) is 2. The first-order valence-corrected chi connectivity index (χ1v) is 9.60. The fourth-order valence-electron chi connectivity index (χ4n) is 3.20. The predicted octanol–water partition coefficient (Wildman–Crippen LogP) is 4.44. The summed E-state index contributed by atoms with van der Waals surface area (Å²) in [5, 5.41) is 7.56. The summed E-state index contributed by atoms with van der Waals surface area (Å²) in [6.45, 7) is 9.24. The van der Waals surface area contributed by atoms with Gasteiger partial charge >= 0.3 is 0 Å². The van der Waals surface area contributed by atoms with E-state index in [1.807, 2.05) is 80.9 Å². The molecule has 3 rings (SSSR count). The van der Waals surface area contributed by atoms with E-state index >= 15 is 0 Å². The maximum Gasteiger partial charge on any atom is 0.251 e. The summed E-state index contributed by atoms with van der Waals surface area (Å²) in [4.78, 5) is 12.7. The number of nitrogens with one attached hydrogen (secondary N) is 1. The summed E-state index contributed by atoms with van der Waals surface area (Å²) < 4.78 is 7.42. The van der Waals surface area contributed by atoms with Crippen molar-refractivity contribution < 1.29 is 9.53 Å². The highest BCUT2D eigenvalue weighted by molar-refractivity contribution is 5.94. The molecule has 1 heterocycles. The van der Waals surface area contributed by atoms with E-state index in [-0.39, 0.29) is 11.9 Å². The lowest BCUT2D eigenvalue weighted by atomic mass is 10.1. The number of ether oxygens (including phenoxy) is 1. The number of hydrogen-bond acceptors (Lipinski definition) is 3. The molecule has 0 aliphatic carbocycles. The normalized spacial score (nSPS) is 11.9. The van der Waals surface area contributed by atoms with Crippen LogP contribution in [0.25, 0.3) is 0 Å². The third-order valence-electron chi connectivity index (χ3n) is 4.66. The summed E-state index contributed by atoms with van der Waals surface area (Å²) in [5.41, 5.74) is 4.84. The second-order valence-corrected chi connectivity index (χ2v) is 6.98. The molecule has 1 N–H and O–H groups in total. The molecule has 5 nitrogen and oxygen atoms in total. The van der Waals surface area contributed by atoms with Gasteiger partial charge in [0, 0.05) is 11.3 Å². The second-order valence-electron chi connectivity index (χ2n) is 6.98. The maximum atomic E-state index is 12.7. The lowest BCUT2D eigenvalue weighted by molar-refractivity contribution is 0.0940. The highest BCUT2D eigenvalue weighted by atomic mass is 16.5. The molecule has 3 aromatic rings. The number of hydrogen-bond donors (Lipinski definition) is 1. The van der Waals surface area contributed by atoms with Crippen molar-refractivity contribution in [3.8, 4) is 5.75 Å². The SMILES string of the molecule is CCOc1ccc(C(C)NC(=O)c2cccc(Cn3nc(C)cc3C)c2)cc1. The van der Waals surface area contributed by atoms with Crippen molar-refractivity contribution in [2.45, 2.75) is 40.3 Å². The van der Waals surface area contributed by atoms with Crippen molar-refractivity contribution in [1.82, 2.24) is 15.1 Å². The van der Waals surface area contributed by atoms with E-state index in [9.17, 15) is 4.79 Å². The number of amides is 1. The Labute approximate surface area is 166 Å². The molecule has 0 fully saturated rings. The lowest BCUT2D eigenvalue weighted by Gasteiger charge is -2.15. The van der Waals surface area contributed by atoms with Crippen molar-refractivity contribution in [3.05, 3.63) is 82.7 Å². The molecular weight excluding hydrogens is 350 g/mol. The monoisotopic (exact) mass is 377 g/mol. The van der Waals surface area contributed by atoms with Gasteiger partial charge in [-0.2, -0.15) is 5.10 Å². The minimum absolute atomic E-state index is 0.0865. The van der Waals surface area contributed by atoms with Crippen LogP contribution in [0, 0.1) is 13.8 Å². The quantitative estimate of drug-likeness (QED) is 0.662. The molecule has 5 heteroatoms. The van der Waals surface area contributed by atoms with Gasteiger partial charge in [0.1, 0.15) is 5.75 Å². The van der Waals surface area contributed by atoms with Crippen LogP contribution in [-0.2, 0) is 6.54 Å². The number of benzene rings is 2. The number of carbonyl (C=O) groups excluding carboxylic acids is 1. The van der Waals surface area contributed by atoms with Crippen LogP contribution in [0.1, 0.15) is 52.8 Å². The number of carbonyl (C=O) groups is 1. The zero-order valence-electron chi connectivity index (χ0n) is 16.9. The second kappa shape index (κ2) is 8.74. The van der Waals surface area contributed by atoms with Crippen molar-refractivity contribution in [3.63, 3.8) is 0 Å². The first-order valence-electron chi connectivity index (χ1n) is 9.60. The van der Waals surface area contributed by atoms with E-state index in [1.54, 1.807) is 0 Å². The Kier molecular flexibility index (Phi) is 6.14. The van der Waals surface area contributed by atoms with Crippen LogP contribution >= 0.6 is 0 Å².